The zero-order valence-corrected chi connectivity index (χ0v) is 17.2. The second kappa shape index (κ2) is 8.30. The topological polar surface area (TPSA) is 56.1 Å². The molecule has 3 rings (SSSR count). The minimum Gasteiger partial charge on any atom is -0.489 e. The molecule has 0 aliphatic carbocycles. The van der Waals surface area contributed by atoms with Crippen LogP contribution in [-0.2, 0) is 20.2 Å². The summed E-state index contributed by atoms with van der Waals surface area (Å²) in [5, 5.41) is 7.39. The molecule has 5 heteroatoms. The monoisotopic (exact) mass is 377 g/mol. The van der Waals surface area contributed by atoms with Crippen molar-refractivity contribution in [1.82, 2.24) is 15.1 Å². The Morgan fingerprint density at radius 2 is 1.89 bits per heavy atom. The Balaban J connectivity index is 1.65. The Labute approximate surface area is 166 Å². The molecule has 0 bridgehead atoms. The minimum atomic E-state index is -0.101. The van der Waals surface area contributed by atoms with Crippen LogP contribution < -0.4 is 10.1 Å². The number of amides is 1. The predicted octanol–water partition coefficient (Wildman–Crippen LogP) is 4.16. The van der Waals surface area contributed by atoms with Gasteiger partial charge >= 0.3 is 0 Å². The van der Waals surface area contributed by atoms with Crippen molar-refractivity contribution in [2.45, 2.75) is 40.8 Å². The highest BCUT2D eigenvalue weighted by Gasteiger charge is 2.12. The smallest absolute Gasteiger partial charge is 0.251 e. The number of nitrogens with one attached hydrogen (secondary N) is 1. The molecule has 0 aliphatic heterocycles. The standard InChI is InChI=1S/C23H27N3O2/c1-15-9-10-16(2)22(11-15)28-14-19-7-6-8-20(12-19)23(27)24-13-21-17(3)25-26(5)18(21)4/h6-12H,13-14H2,1-5H3,(H,24,27). The third-order valence-corrected chi connectivity index (χ3v) is 5.01. The largest absolute Gasteiger partial charge is 0.489 e. The van der Waals surface area contributed by atoms with Gasteiger partial charge in [-0.15, -0.1) is 0 Å². The molecule has 0 saturated heterocycles. The third kappa shape index (κ3) is 4.42. The van der Waals surface area contributed by atoms with Crippen LogP contribution in [0.2, 0.25) is 0 Å². The molecule has 1 amide bonds. The lowest BCUT2D eigenvalue weighted by Crippen LogP contribution is -2.23. The Bertz CT molecular complexity index is 1010. The number of carbonyl (C=O) groups excluding carboxylic acids is 1. The Morgan fingerprint density at radius 1 is 1.11 bits per heavy atom. The lowest BCUT2D eigenvalue weighted by atomic mass is 10.1. The van der Waals surface area contributed by atoms with Crippen molar-refractivity contribution in [1.29, 1.82) is 0 Å². The van der Waals surface area contributed by atoms with Gasteiger partial charge in [0.15, 0.2) is 0 Å². The molecular formula is C23H27N3O2. The number of rotatable bonds is 6. The van der Waals surface area contributed by atoms with Crippen molar-refractivity contribution in [3.8, 4) is 5.75 Å². The molecule has 1 heterocycles. The van der Waals surface area contributed by atoms with E-state index in [0.717, 1.165) is 39.4 Å². The molecule has 0 saturated carbocycles. The van der Waals surface area contributed by atoms with Crippen molar-refractivity contribution in [2.24, 2.45) is 7.05 Å². The van der Waals surface area contributed by atoms with Crippen LogP contribution in [0.25, 0.3) is 0 Å². The summed E-state index contributed by atoms with van der Waals surface area (Å²) in [6, 6.07) is 13.7. The van der Waals surface area contributed by atoms with Gasteiger partial charge in [0.05, 0.1) is 5.69 Å². The van der Waals surface area contributed by atoms with Crippen molar-refractivity contribution < 1.29 is 9.53 Å². The summed E-state index contributed by atoms with van der Waals surface area (Å²) in [5.74, 6) is 0.772. The van der Waals surface area contributed by atoms with Gasteiger partial charge in [-0.1, -0.05) is 24.3 Å². The maximum atomic E-state index is 12.6. The van der Waals surface area contributed by atoms with E-state index in [1.165, 1.54) is 0 Å². The van der Waals surface area contributed by atoms with Crippen LogP contribution in [-0.4, -0.2) is 15.7 Å². The van der Waals surface area contributed by atoms with Gasteiger partial charge in [-0.25, -0.2) is 0 Å². The van der Waals surface area contributed by atoms with Crippen LogP contribution in [0.15, 0.2) is 42.5 Å². The average molecular weight is 377 g/mol. The fourth-order valence-electron chi connectivity index (χ4n) is 3.17. The SMILES string of the molecule is Cc1ccc(C)c(OCc2cccc(C(=O)NCc3c(C)nn(C)c3C)c2)c1. The molecule has 0 aliphatic rings. The number of nitrogens with zero attached hydrogens (tertiary/aromatic N) is 2. The first kappa shape index (κ1) is 19.7. The maximum Gasteiger partial charge on any atom is 0.251 e. The predicted molar refractivity (Wildman–Crippen MR) is 111 cm³/mol. The van der Waals surface area contributed by atoms with Crippen molar-refractivity contribution in [2.75, 3.05) is 0 Å². The highest BCUT2D eigenvalue weighted by molar-refractivity contribution is 5.94. The van der Waals surface area contributed by atoms with E-state index in [2.05, 4.69) is 22.5 Å². The van der Waals surface area contributed by atoms with E-state index in [9.17, 15) is 4.79 Å². The van der Waals surface area contributed by atoms with Crippen molar-refractivity contribution >= 4 is 5.91 Å². The number of hydrogen-bond acceptors (Lipinski definition) is 3. The average Bonchev–Trinajstić information content (AvgIpc) is 2.92. The zero-order valence-electron chi connectivity index (χ0n) is 17.2. The number of aromatic nitrogens is 2. The summed E-state index contributed by atoms with van der Waals surface area (Å²) >= 11 is 0. The van der Waals surface area contributed by atoms with Gasteiger partial charge in [0.25, 0.3) is 5.91 Å². The normalized spacial score (nSPS) is 10.8. The van der Waals surface area contributed by atoms with Gasteiger partial charge in [-0.05, 0) is 62.6 Å². The highest BCUT2D eigenvalue weighted by Crippen LogP contribution is 2.20. The van der Waals surface area contributed by atoms with E-state index in [4.69, 9.17) is 4.74 Å². The second-order valence-corrected chi connectivity index (χ2v) is 7.21. The molecule has 0 radical (unpaired) electrons. The molecular weight excluding hydrogens is 350 g/mol. The summed E-state index contributed by atoms with van der Waals surface area (Å²) in [6.07, 6.45) is 0. The van der Waals surface area contributed by atoms with Gasteiger partial charge in [0.2, 0.25) is 0 Å². The molecule has 3 aromatic rings. The first-order valence-electron chi connectivity index (χ1n) is 9.41. The fraction of sp³-hybridized carbons (Fsp3) is 0.304. The number of benzene rings is 2. The summed E-state index contributed by atoms with van der Waals surface area (Å²) in [7, 11) is 1.91. The number of hydrogen-bond donors (Lipinski definition) is 1. The first-order chi connectivity index (χ1) is 13.3. The van der Waals surface area contributed by atoms with Gasteiger partial charge in [0, 0.05) is 30.4 Å². The van der Waals surface area contributed by atoms with Crippen LogP contribution in [0.3, 0.4) is 0 Å². The van der Waals surface area contributed by atoms with E-state index < -0.39 is 0 Å². The first-order valence-corrected chi connectivity index (χ1v) is 9.41. The molecule has 28 heavy (non-hydrogen) atoms. The highest BCUT2D eigenvalue weighted by atomic mass is 16.5. The molecule has 0 unspecified atom stereocenters. The fourth-order valence-corrected chi connectivity index (χ4v) is 3.17. The molecule has 0 spiro atoms. The third-order valence-electron chi connectivity index (χ3n) is 5.01. The molecule has 2 aromatic carbocycles. The van der Waals surface area contributed by atoms with Gasteiger partial charge in [-0.2, -0.15) is 5.10 Å². The summed E-state index contributed by atoms with van der Waals surface area (Å²) in [4.78, 5) is 12.6. The van der Waals surface area contributed by atoms with Crippen molar-refractivity contribution in [3.63, 3.8) is 0 Å². The van der Waals surface area contributed by atoms with E-state index in [0.29, 0.717) is 18.7 Å². The van der Waals surface area contributed by atoms with Gasteiger partial charge in [-0.3, -0.25) is 9.48 Å². The second-order valence-electron chi connectivity index (χ2n) is 7.21. The molecule has 0 atom stereocenters. The summed E-state index contributed by atoms with van der Waals surface area (Å²) in [6.45, 7) is 8.93. The van der Waals surface area contributed by atoms with Crippen LogP contribution in [0.4, 0.5) is 0 Å². The Hall–Kier alpha value is -3.08. The Morgan fingerprint density at radius 3 is 2.61 bits per heavy atom. The van der Waals surface area contributed by atoms with E-state index in [-0.39, 0.29) is 5.91 Å². The Kier molecular flexibility index (Phi) is 5.83. The molecule has 1 aromatic heterocycles. The van der Waals surface area contributed by atoms with Crippen LogP contribution in [0, 0.1) is 27.7 Å². The van der Waals surface area contributed by atoms with E-state index >= 15 is 0 Å². The lowest BCUT2D eigenvalue weighted by Gasteiger charge is -2.11. The molecule has 0 fully saturated rings. The lowest BCUT2D eigenvalue weighted by molar-refractivity contribution is 0.0950. The van der Waals surface area contributed by atoms with Crippen LogP contribution in [0.1, 0.15) is 44.0 Å². The van der Waals surface area contributed by atoms with Gasteiger partial charge < -0.3 is 10.1 Å². The quantitative estimate of drug-likeness (QED) is 0.702. The van der Waals surface area contributed by atoms with Crippen LogP contribution in [0.5, 0.6) is 5.75 Å². The van der Waals surface area contributed by atoms with E-state index in [1.54, 1.807) is 0 Å². The minimum absolute atomic E-state index is 0.101. The zero-order chi connectivity index (χ0) is 20.3. The summed E-state index contributed by atoms with van der Waals surface area (Å²) < 4.78 is 7.79. The maximum absolute atomic E-state index is 12.6. The number of aryl methyl sites for hydroxylation is 4. The molecule has 146 valence electrons. The van der Waals surface area contributed by atoms with E-state index in [1.807, 2.05) is 69.8 Å². The molecule has 5 nitrogen and oxygen atoms in total. The van der Waals surface area contributed by atoms with Crippen LogP contribution >= 0.6 is 0 Å². The molecule has 1 N–H and O–H groups in total. The number of ether oxygens (including phenoxy) is 1. The summed E-state index contributed by atoms with van der Waals surface area (Å²) in [5.41, 5.74) is 6.91. The van der Waals surface area contributed by atoms with Gasteiger partial charge in [0.1, 0.15) is 12.4 Å². The number of carbonyl (C=O) groups is 1. The van der Waals surface area contributed by atoms with Crippen molar-refractivity contribution in [3.05, 3.63) is 81.7 Å².